The number of halogens is 1. The quantitative estimate of drug-likeness (QED) is 0.919. The summed E-state index contributed by atoms with van der Waals surface area (Å²) in [6, 6.07) is 0. The third-order valence-corrected chi connectivity index (χ3v) is 4.04. The standard InChI is InChI=1S/C12H14N4S.ClH/c1-3-13-4-2-9(1)12-16-11(8-17-12)10-7-14-5-6-15-10;/h5-9,13H,1-4H2;1H. The summed E-state index contributed by atoms with van der Waals surface area (Å²) >= 11 is 1.74. The molecule has 0 bridgehead atoms. The van der Waals surface area contributed by atoms with Gasteiger partial charge in [0, 0.05) is 23.7 Å². The zero-order chi connectivity index (χ0) is 11.5. The van der Waals surface area contributed by atoms with Crippen LogP contribution in [0.25, 0.3) is 11.4 Å². The van der Waals surface area contributed by atoms with Crippen molar-refractivity contribution in [3.05, 3.63) is 29.0 Å². The smallest absolute Gasteiger partial charge is 0.108 e. The Kier molecular flexibility index (Phi) is 4.63. The van der Waals surface area contributed by atoms with Crippen LogP contribution in [-0.2, 0) is 0 Å². The molecule has 4 nitrogen and oxygen atoms in total. The lowest BCUT2D eigenvalue weighted by atomic mass is 9.99. The van der Waals surface area contributed by atoms with E-state index < -0.39 is 0 Å². The first-order valence-electron chi connectivity index (χ1n) is 5.86. The van der Waals surface area contributed by atoms with Gasteiger partial charge in [-0.15, -0.1) is 23.7 Å². The summed E-state index contributed by atoms with van der Waals surface area (Å²) in [5.74, 6) is 0.617. The molecule has 2 aromatic heterocycles. The normalized spacial score (nSPS) is 16.2. The van der Waals surface area contributed by atoms with Crippen molar-refractivity contribution >= 4 is 23.7 Å². The minimum atomic E-state index is 0. The molecule has 1 saturated heterocycles. The second-order valence-corrected chi connectivity index (χ2v) is 5.08. The molecular weight excluding hydrogens is 268 g/mol. The summed E-state index contributed by atoms with van der Waals surface area (Å²) in [6.07, 6.45) is 7.53. The minimum Gasteiger partial charge on any atom is -0.317 e. The van der Waals surface area contributed by atoms with Crippen LogP contribution in [-0.4, -0.2) is 28.0 Å². The topological polar surface area (TPSA) is 50.7 Å². The first-order chi connectivity index (χ1) is 8.43. The summed E-state index contributed by atoms with van der Waals surface area (Å²) in [4.78, 5) is 13.0. The van der Waals surface area contributed by atoms with Crippen molar-refractivity contribution in [2.45, 2.75) is 18.8 Å². The number of hydrogen-bond donors (Lipinski definition) is 1. The summed E-state index contributed by atoms with van der Waals surface area (Å²) in [7, 11) is 0. The van der Waals surface area contributed by atoms with Crippen LogP contribution in [0.5, 0.6) is 0 Å². The van der Waals surface area contributed by atoms with Crippen LogP contribution in [0.15, 0.2) is 24.0 Å². The molecule has 0 aromatic carbocycles. The summed E-state index contributed by atoms with van der Waals surface area (Å²) < 4.78 is 0. The number of aromatic nitrogens is 3. The molecule has 18 heavy (non-hydrogen) atoms. The molecular formula is C12H15ClN4S. The summed E-state index contributed by atoms with van der Waals surface area (Å²) in [5.41, 5.74) is 1.82. The number of rotatable bonds is 2. The van der Waals surface area contributed by atoms with Gasteiger partial charge in [0.25, 0.3) is 0 Å². The monoisotopic (exact) mass is 282 g/mol. The van der Waals surface area contributed by atoms with Crippen LogP contribution < -0.4 is 5.32 Å². The molecule has 0 atom stereocenters. The Morgan fingerprint density at radius 3 is 2.72 bits per heavy atom. The van der Waals surface area contributed by atoms with E-state index in [2.05, 4.69) is 20.7 Å². The molecule has 1 aliphatic rings. The maximum atomic E-state index is 4.69. The van der Waals surface area contributed by atoms with E-state index in [1.54, 1.807) is 29.9 Å². The lowest BCUT2D eigenvalue weighted by molar-refractivity contribution is 0.459. The van der Waals surface area contributed by atoms with Crippen molar-refractivity contribution < 1.29 is 0 Å². The van der Waals surface area contributed by atoms with Gasteiger partial charge in [-0.25, -0.2) is 4.98 Å². The Morgan fingerprint density at radius 2 is 2.00 bits per heavy atom. The van der Waals surface area contributed by atoms with Gasteiger partial charge in [0.1, 0.15) is 11.4 Å². The number of hydrogen-bond acceptors (Lipinski definition) is 5. The van der Waals surface area contributed by atoms with Gasteiger partial charge in [0.05, 0.1) is 11.2 Å². The van der Waals surface area contributed by atoms with Crippen LogP contribution in [0.1, 0.15) is 23.8 Å². The molecule has 3 rings (SSSR count). The Labute approximate surface area is 116 Å². The fourth-order valence-corrected chi connectivity index (χ4v) is 3.08. The number of nitrogens with zero attached hydrogens (tertiary/aromatic N) is 3. The molecule has 0 aliphatic carbocycles. The van der Waals surface area contributed by atoms with Crippen LogP contribution in [0.3, 0.4) is 0 Å². The Balaban J connectivity index is 0.00000120. The van der Waals surface area contributed by atoms with Crippen molar-refractivity contribution in [1.82, 2.24) is 20.3 Å². The van der Waals surface area contributed by atoms with Crippen molar-refractivity contribution in [3.8, 4) is 11.4 Å². The van der Waals surface area contributed by atoms with E-state index in [9.17, 15) is 0 Å². The highest BCUT2D eigenvalue weighted by Gasteiger charge is 2.18. The van der Waals surface area contributed by atoms with E-state index >= 15 is 0 Å². The van der Waals surface area contributed by atoms with Crippen molar-refractivity contribution in [2.75, 3.05) is 13.1 Å². The number of thiazole rings is 1. The Hall–Kier alpha value is -1.04. The van der Waals surface area contributed by atoms with Crippen molar-refractivity contribution in [1.29, 1.82) is 0 Å². The first-order valence-corrected chi connectivity index (χ1v) is 6.74. The van der Waals surface area contributed by atoms with Gasteiger partial charge in [-0.3, -0.25) is 9.97 Å². The van der Waals surface area contributed by atoms with E-state index in [1.165, 1.54) is 17.8 Å². The van der Waals surface area contributed by atoms with Gasteiger partial charge < -0.3 is 5.32 Å². The molecule has 0 radical (unpaired) electrons. The van der Waals surface area contributed by atoms with E-state index in [0.717, 1.165) is 24.5 Å². The fourth-order valence-electron chi connectivity index (χ4n) is 2.09. The highest BCUT2D eigenvalue weighted by atomic mass is 35.5. The maximum Gasteiger partial charge on any atom is 0.108 e. The van der Waals surface area contributed by atoms with Gasteiger partial charge in [0.2, 0.25) is 0 Å². The van der Waals surface area contributed by atoms with Crippen molar-refractivity contribution in [2.24, 2.45) is 0 Å². The zero-order valence-electron chi connectivity index (χ0n) is 9.87. The average molecular weight is 283 g/mol. The second-order valence-electron chi connectivity index (χ2n) is 4.19. The molecule has 0 amide bonds. The van der Waals surface area contributed by atoms with Crippen LogP contribution in [0.4, 0.5) is 0 Å². The summed E-state index contributed by atoms with van der Waals surface area (Å²) in [6.45, 7) is 2.20. The molecule has 6 heteroatoms. The van der Waals surface area contributed by atoms with E-state index in [4.69, 9.17) is 4.98 Å². The van der Waals surface area contributed by atoms with Gasteiger partial charge in [-0.05, 0) is 25.9 Å². The molecule has 0 saturated carbocycles. The molecule has 1 fully saturated rings. The predicted octanol–water partition coefficient (Wildman–Crippen LogP) is 2.49. The van der Waals surface area contributed by atoms with Gasteiger partial charge in [0.15, 0.2) is 0 Å². The van der Waals surface area contributed by atoms with E-state index in [1.807, 2.05) is 0 Å². The van der Waals surface area contributed by atoms with E-state index in [0.29, 0.717) is 5.92 Å². The number of nitrogens with one attached hydrogen (secondary N) is 1. The molecule has 1 aliphatic heterocycles. The molecule has 0 spiro atoms. The molecule has 0 unspecified atom stereocenters. The molecule has 2 aromatic rings. The molecule has 96 valence electrons. The molecule has 1 N–H and O–H groups in total. The maximum absolute atomic E-state index is 4.69. The Morgan fingerprint density at radius 1 is 1.17 bits per heavy atom. The van der Waals surface area contributed by atoms with Crippen LogP contribution >= 0.6 is 23.7 Å². The zero-order valence-corrected chi connectivity index (χ0v) is 11.5. The van der Waals surface area contributed by atoms with Gasteiger partial charge in [-0.2, -0.15) is 0 Å². The van der Waals surface area contributed by atoms with Crippen molar-refractivity contribution in [3.63, 3.8) is 0 Å². The Bertz CT molecular complexity index is 482. The fraction of sp³-hybridized carbons (Fsp3) is 0.417. The van der Waals surface area contributed by atoms with Gasteiger partial charge in [-0.1, -0.05) is 0 Å². The van der Waals surface area contributed by atoms with Crippen LogP contribution in [0.2, 0.25) is 0 Å². The highest BCUT2D eigenvalue weighted by Crippen LogP contribution is 2.30. The molecule has 3 heterocycles. The number of piperidine rings is 1. The largest absolute Gasteiger partial charge is 0.317 e. The highest BCUT2D eigenvalue weighted by molar-refractivity contribution is 7.10. The SMILES string of the molecule is Cl.c1cnc(-c2csc(C3CCNCC3)n2)cn1. The first kappa shape index (κ1) is 13.4. The van der Waals surface area contributed by atoms with E-state index in [-0.39, 0.29) is 12.4 Å². The third kappa shape index (κ3) is 2.85. The second kappa shape index (κ2) is 6.22. The van der Waals surface area contributed by atoms with Crippen LogP contribution in [0, 0.1) is 0 Å². The minimum absolute atomic E-state index is 0. The lowest BCUT2D eigenvalue weighted by Crippen LogP contribution is -2.26. The summed E-state index contributed by atoms with van der Waals surface area (Å²) in [5, 5.41) is 6.70. The average Bonchev–Trinajstić information content (AvgIpc) is 2.90. The predicted molar refractivity (Wildman–Crippen MR) is 75.2 cm³/mol. The van der Waals surface area contributed by atoms with Gasteiger partial charge >= 0.3 is 0 Å². The third-order valence-electron chi connectivity index (χ3n) is 3.04. The lowest BCUT2D eigenvalue weighted by Gasteiger charge is -2.20.